The third-order valence-corrected chi connectivity index (χ3v) is 3.24. The highest BCUT2D eigenvalue weighted by molar-refractivity contribution is 6.33. The van der Waals surface area contributed by atoms with E-state index in [0.717, 1.165) is 17.8 Å². The number of benzene rings is 1. The highest BCUT2D eigenvalue weighted by Gasteiger charge is 2.13. The van der Waals surface area contributed by atoms with Gasteiger partial charge in [0.15, 0.2) is 0 Å². The number of rotatable bonds is 5. The fourth-order valence-electron chi connectivity index (χ4n) is 1.83. The zero-order chi connectivity index (χ0) is 13.7. The molecule has 0 aliphatic heterocycles. The maximum Gasteiger partial charge on any atom is 0.0671 e. The first-order valence-electron chi connectivity index (χ1n) is 6.19. The number of hydrogen-bond acceptors (Lipinski definition) is 3. The summed E-state index contributed by atoms with van der Waals surface area (Å²) in [6.45, 7) is 7.40. The van der Waals surface area contributed by atoms with Crippen LogP contribution in [0.15, 0.2) is 18.2 Å². The van der Waals surface area contributed by atoms with Crippen LogP contribution in [0.1, 0.15) is 32.4 Å². The van der Waals surface area contributed by atoms with Crippen LogP contribution >= 0.6 is 11.6 Å². The second-order valence-corrected chi connectivity index (χ2v) is 4.98. The molecule has 0 heterocycles. The quantitative estimate of drug-likeness (QED) is 0.888. The maximum absolute atomic E-state index is 8.89. The van der Waals surface area contributed by atoms with E-state index >= 15 is 0 Å². The van der Waals surface area contributed by atoms with Crippen molar-refractivity contribution < 1.29 is 0 Å². The van der Waals surface area contributed by atoms with Gasteiger partial charge in [-0.1, -0.05) is 17.7 Å². The normalized spacial score (nSPS) is 13.8. The van der Waals surface area contributed by atoms with Crippen molar-refractivity contribution in [2.45, 2.75) is 26.8 Å². The molecule has 0 radical (unpaired) electrons. The van der Waals surface area contributed by atoms with E-state index in [4.69, 9.17) is 22.6 Å². The van der Waals surface area contributed by atoms with Crippen LogP contribution < -0.4 is 10.6 Å². The molecule has 0 aliphatic rings. The Labute approximate surface area is 114 Å². The number of halogens is 1. The predicted molar refractivity (Wildman–Crippen MR) is 76.7 cm³/mol. The van der Waals surface area contributed by atoms with E-state index in [-0.39, 0.29) is 12.0 Å². The van der Waals surface area contributed by atoms with Crippen molar-refractivity contribution in [3.8, 4) is 6.07 Å². The Bertz CT molecular complexity index is 437. The first-order valence-corrected chi connectivity index (χ1v) is 6.57. The third-order valence-electron chi connectivity index (χ3n) is 2.93. The van der Waals surface area contributed by atoms with Crippen molar-refractivity contribution in [2.24, 2.45) is 11.7 Å². The number of anilines is 1. The summed E-state index contributed by atoms with van der Waals surface area (Å²) < 4.78 is 0. The molecule has 0 saturated heterocycles. The van der Waals surface area contributed by atoms with Crippen LogP contribution in [0.5, 0.6) is 0 Å². The monoisotopic (exact) mass is 265 g/mol. The molecule has 0 amide bonds. The highest BCUT2D eigenvalue weighted by Crippen LogP contribution is 2.29. The van der Waals surface area contributed by atoms with E-state index in [1.807, 2.05) is 32.0 Å². The van der Waals surface area contributed by atoms with Crippen molar-refractivity contribution in [1.29, 1.82) is 5.26 Å². The molecule has 4 heteroatoms. The molecular formula is C14H20ClN3. The summed E-state index contributed by atoms with van der Waals surface area (Å²) in [7, 11) is 0. The summed E-state index contributed by atoms with van der Waals surface area (Å²) in [4.78, 5) is 2.11. The number of nitriles is 1. The first kappa shape index (κ1) is 14.8. The minimum atomic E-state index is -0.0235. The van der Waals surface area contributed by atoms with Gasteiger partial charge in [-0.05, 0) is 38.5 Å². The van der Waals surface area contributed by atoms with E-state index in [0.29, 0.717) is 11.6 Å². The van der Waals surface area contributed by atoms with Gasteiger partial charge in [-0.25, -0.2) is 0 Å². The fraction of sp³-hybridized carbons (Fsp3) is 0.500. The lowest BCUT2D eigenvalue weighted by Crippen LogP contribution is -2.28. The Kier molecular flexibility index (Phi) is 5.46. The average molecular weight is 266 g/mol. The Morgan fingerprint density at radius 2 is 2.11 bits per heavy atom. The summed E-state index contributed by atoms with van der Waals surface area (Å²) >= 11 is 6.29. The molecular weight excluding hydrogens is 246 g/mol. The van der Waals surface area contributed by atoms with Gasteiger partial charge in [0.25, 0.3) is 0 Å². The second kappa shape index (κ2) is 6.63. The summed E-state index contributed by atoms with van der Waals surface area (Å²) in [5.74, 6) is -0.0193. The van der Waals surface area contributed by atoms with Crippen LogP contribution in [-0.4, -0.2) is 13.1 Å². The molecule has 0 bridgehead atoms. The molecule has 18 heavy (non-hydrogen) atoms. The van der Waals surface area contributed by atoms with Gasteiger partial charge in [0.1, 0.15) is 0 Å². The van der Waals surface area contributed by atoms with Crippen molar-refractivity contribution in [2.75, 3.05) is 18.0 Å². The molecule has 0 spiro atoms. The van der Waals surface area contributed by atoms with Crippen molar-refractivity contribution >= 4 is 17.3 Å². The Morgan fingerprint density at radius 3 is 2.56 bits per heavy atom. The van der Waals surface area contributed by atoms with E-state index in [1.54, 1.807) is 0 Å². The van der Waals surface area contributed by atoms with Crippen LogP contribution in [0.25, 0.3) is 0 Å². The molecule has 0 aliphatic carbocycles. The zero-order valence-corrected chi connectivity index (χ0v) is 11.9. The van der Waals surface area contributed by atoms with Gasteiger partial charge in [-0.2, -0.15) is 5.26 Å². The average Bonchev–Trinajstić information content (AvgIpc) is 2.35. The van der Waals surface area contributed by atoms with E-state index in [1.165, 1.54) is 0 Å². The molecule has 2 atom stereocenters. The van der Waals surface area contributed by atoms with E-state index < -0.39 is 0 Å². The summed E-state index contributed by atoms with van der Waals surface area (Å²) in [6, 6.07) is 8.10. The first-order chi connectivity index (χ1) is 8.49. The largest absolute Gasteiger partial charge is 0.369 e. The maximum atomic E-state index is 8.89. The van der Waals surface area contributed by atoms with Gasteiger partial charge in [-0.3, -0.25) is 0 Å². The number of nitrogens with two attached hydrogens (primary N) is 1. The lowest BCUT2D eigenvalue weighted by atomic mass is 10.1. The molecule has 0 fully saturated rings. The van der Waals surface area contributed by atoms with Crippen molar-refractivity contribution in [1.82, 2.24) is 0 Å². The molecule has 0 aromatic heterocycles. The zero-order valence-electron chi connectivity index (χ0n) is 11.2. The Balaban J connectivity index is 2.97. The SMILES string of the molecule is CCN(CC(C)C#N)c1ccc([C@H](C)N)cc1Cl. The molecule has 1 aromatic carbocycles. The van der Waals surface area contributed by atoms with Gasteiger partial charge < -0.3 is 10.6 Å². The van der Waals surface area contributed by atoms with Gasteiger partial charge in [-0.15, -0.1) is 0 Å². The molecule has 98 valence electrons. The summed E-state index contributed by atoms with van der Waals surface area (Å²) in [5.41, 5.74) is 7.81. The molecule has 0 saturated carbocycles. The van der Waals surface area contributed by atoms with Crippen LogP contribution in [0.3, 0.4) is 0 Å². The third kappa shape index (κ3) is 3.63. The van der Waals surface area contributed by atoms with Crippen LogP contribution in [0, 0.1) is 17.2 Å². The van der Waals surface area contributed by atoms with Crippen molar-refractivity contribution in [3.05, 3.63) is 28.8 Å². The number of hydrogen-bond donors (Lipinski definition) is 1. The standard InChI is InChI=1S/C14H20ClN3/c1-4-18(9-10(2)8-16)14-6-5-12(11(3)17)7-13(14)15/h5-7,10-11H,4,9,17H2,1-3H3/t10?,11-/m0/s1. The number of nitrogens with zero attached hydrogens (tertiary/aromatic N) is 2. The van der Waals surface area contributed by atoms with Gasteiger partial charge >= 0.3 is 0 Å². The van der Waals surface area contributed by atoms with Gasteiger partial charge in [0, 0.05) is 19.1 Å². The molecule has 1 aromatic rings. The topological polar surface area (TPSA) is 53.0 Å². The highest BCUT2D eigenvalue weighted by atomic mass is 35.5. The summed E-state index contributed by atoms with van der Waals surface area (Å²) in [5, 5.41) is 9.58. The van der Waals surface area contributed by atoms with E-state index in [2.05, 4.69) is 17.9 Å². The lowest BCUT2D eigenvalue weighted by molar-refractivity contribution is 0.686. The fourth-order valence-corrected chi connectivity index (χ4v) is 2.14. The second-order valence-electron chi connectivity index (χ2n) is 4.57. The van der Waals surface area contributed by atoms with Crippen LogP contribution in [0.4, 0.5) is 5.69 Å². The van der Waals surface area contributed by atoms with Crippen LogP contribution in [-0.2, 0) is 0 Å². The molecule has 2 N–H and O–H groups in total. The van der Waals surface area contributed by atoms with Crippen LogP contribution in [0.2, 0.25) is 5.02 Å². The Hall–Kier alpha value is -1.24. The predicted octanol–water partition coefficient (Wildman–Crippen LogP) is 3.35. The lowest BCUT2D eigenvalue weighted by Gasteiger charge is -2.25. The molecule has 3 nitrogen and oxygen atoms in total. The summed E-state index contributed by atoms with van der Waals surface area (Å²) in [6.07, 6.45) is 0. The van der Waals surface area contributed by atoms with Crippen molar-refractivity contribution in [3.63, 3.8) is 0 Å². The van der Waals surface area contributed by atoms with Gasteiger partial charge in [0.2, 0.25) is 0 Å². The molecule has 1 unspecified atom stereocenters. The molecule has 1 rings (SSSR count). The Morgan fingerprint density at radius 1 is 1.44 bits per heavy atom. The van der Waals surface area contributed by atoms with E-state index in [9.17, 15) is 0 Å². The minimum Gasteiger partial charge on any atom is -0.369 e. The smallest absolute Gasteiger partial charge is 0.0671 e. The minimum absolute atomic E-state index is 0.0193. The van der Waals surface area contributed by atoms with Gasteiger partial charge in [0.05, 0.1) is 22.7 Å².